The summed E-state index contributed by atoms with van der Waals surface area (Å²) in [5.74, 6) is 1.19. The van der Waals surface area contributed by atoms with Gasteiger partial charge in [-0.05, 0) is 0 Å². The van der Waals surface area contributed by atoms with Crippen LogP contribution in [0.1, 0.15) is 5.56 Å². The third kappa shape index (κ3) is 1.93. The first-order valence-electron chi connectivity index (χ1n) is 3.21. The van der Waals surface area contributed by atoms with Crippen molar-refractivity contribution in [3.8, 4) is 0 Å². The Balaban J connectivity index is 3.26. The molecule has 2 nitrogen and oxygen atoms in total. The van der Waals surface area contributed by atoms with Crippen molar-refractivity contribution in [2.24, 2.45) is 5.90 Å². The van der Waals surface area contributed by atoms with E-state index in [4.69, 9.17) is 11.6 Å². The van der Waals surface area contributed by atoms with E-state index in [1.807, 2.05) is 0 Å². The fourth-order valence-corrected chi connectivity index (χ4v) is 0.988. The Morgan fingerprint density at radius 1 is 1.31 bits per heavy atom. The molecule has 6 heteroatoms. The quantitative estimate of drug-likeness (QED) is 0.462. The van der Waals surface area contributed by atoms with Crippen LogP contribution >= 0.6 is 11.6 Å². The van der Waals surface area contributed by atoms with Gasteiger partial charge in [0.15, 0.2) is 5.82 Å². The number of halogens is 4. The summed E-state index contributed by atoms with van der Waals surface area (Å²) in [5, 5.41) is -0.770. The van der Waals surface area contributed by atoms with Crippen molar-refractivity contribution in [3.05, 3.63) is 34.1 Å². The van der Waals surface area contributed by atoms with E-state index >= 15 is 0 Å². The second-order valence-corrected chi connectivity index (χ2v) is 2.64. The highest BCUT2D eigenvalue weighted by Gasteiger charge is 2.16. The number of hydrogen-bond donors (Lipinski definition) is 1. The molecule has 2 N–H and O–H groups in total. The molecule has 0 fully saturated rings. The highest BCUT2D eigenvalue weighted by Crippen LogP contribution is 2.24. The molecule has 1 aromatic rings. The Morgan fingerprint density at radius 2 is 1.92 bits per heavy atom. The lowest BCUT2D eigenvalue weighted by Gasteiger charge is -2.05. The first-order chi connectivity index (χ1) is 6.07. The second-order valence-electron chi connectivity index (χ2n) is 2.26. The molecule has 1 rings (SSSR count). The molecule has 72 valence electrons. The van der Waals surface area contributed by atoms with E-state index in [0.29, 0.717) is 6.07 Å². The first-order valence-corrected chi connectivity index (χ1v) is 3.59. The lowest BCUT2D eigenvalue weighted by atomic mass is 10.2. The van der Waals surface area contributed by atoms with Gasteiger partial charge in [0.05, 0.1) is 12.2 Å². The van der Waals surface area contributed by atoms with Crippen molar-refractivity contribution < 1.29 is 18.0 Å². The standard InChI is InChI=1S/C7H5ClF3NO/c8-6-5(10)1-4(9)3(2-13-12)7(6)11/h1H,2,12H2. The van der Waals surface area contributed by atoms with Crippen LogP contribution in [0.5, 0.6) is 0 Å². The maximum absolute atomic E-state index is 13.0. The van der Waals surface area contributed by atoms with Crippen LogP contribution in [-0.2, 0) is 11.4 Å². The molecule has 0 amide bonds. The molecule has 0 aliphatic carbocycles. The maximum atomic E-state index is 13.0. The zero-order valence-corrected chi connectivity index (χ0v) is 7.04. The minimum atomic E-state index is -1.19. The van der Waals surface area contributed by atoms with Gasteiger partial charge in [-0.2, -0.15) is 0 Å². The molecule has 13 heavy (non-hydrogen) atoms. The van der Waals surface area contributed by atoms with Crippen LogP contribution in [0.15, 0.2) is 6.07 Å². The Hall–Kier alpha value is -0.780. The van der Waals surface area contributed by atoms with Crippen LogP contribution in [0.2, 0.25) is 5.02 Å². The molecule has 0 aliphatic rings. The Morgan fingerprint density at radius 3 is 2.46 bits per heavy atom. The van der Waals surface area contributed by atoms with Crippen LogP contribution in [-0.4, -0.2) is 0 Å². The van der Waals surface area contributed by atoms with E-state index in [2.05, 4.69) is 10.7 Å². The van der Waals surface area contributed by atoms with Gasteiger partial charge >= 0.3 is 0 Å². The summed E-state index contributed by atoms with van der Waals surface area (Å²) in [5.41, 5.74) is -0.492. The van der Waals surface area contributed by atoms with Crippen LogP contribution in [0, 0.1) is 17.5 Å². The summed E-state index contributed by atoms with van der Waals surface area (Å²) in [7, 11) is 0. The normalized spacial score (nSPS) is 10.5. The Kier molecular flexibility index (Phi) is 3.13. The second kappa shape index (κ2) is 3.95. The van der Waals surface area contributed by atoms with Gasteiger partial charge in [-0.1, -0.05) is 11.6 Å². The SMILES string of the molecule is NOCc1c(F)cc(F)c(Cl)c1F. The van der Waals surface area contributed by atoms with E-state index in [9.17, 15) is 13.2 Å². The van der Waals surface area contributed by atoms with Crippen LogP contribution in [0.4, 0.5) is 13.2 Å². The van der Waals surface area contributed by atoms with Gasteiger partial charge in [-0.15, -0.1) is 0 Å². The monoisotopic (exact) mass is 211 g/mol. The third-order valence-corrected chi connectivity index (χ3v) is 1.78. The zero-order valence-electron chi connectivity index (χ0n) is 6.28. The Labute approximate surface area is 77.0 Å². The molecule has 0 saturated heterocycles. The van der Waals surface area contributed by atoms with Crippen LogP contribution in [0.25, 0.3) is 0 Å². The number of rotatable bonds is 2. The van der Waals surface area contributed by atoms with Gasteiger partial charge in [0.1, 0.15) is 16.7 Å². The summed E-state index contributed by atoms with van der Waals surface area (Å²) in [6.07, 6.45) is 0. The van der Waals surface area contributed by atoms with E-state index in [0.717, 1.165) is 0 Å². The summed E-state index contributed by atoms with van der Waals surface area (Å²) < 4.78 is 38.3. The minimum Gasteiger partial charge on any atom is -0.300 e. The maximum Gasteiger partial charge on any atom is 0.153 e. The van der Waals surface area contributed by atoms with E-state index in [-0.39, 0.29) is 0 Å². The Bertz CT molecular complexity index is 332. The molecular weight excluding hydrogens is 207 g/mol. The van der Waals surface area contributed by atoms with Gasteiger partial charge in [-0.25, -0.2) is 19.1 Å². The predicted octanol–water partition coefficient (Wildman–Crippen LogP) is 2.15. The number of nitrogens with two attached hydrogens (primary N) is 1. The van der Waals surface area contributed by atoms with Gasteiger partial charge in [-0.3, -0.25) is 4.84 Å². The molecule has 0 saturated carbocycles. The van der Waals surface area contributed by atoms with E-state index < -0.39 is 34.6 Å². The molecular formula is C7H5ClF3NO. The average Bonchev–Trinajstić information content (AvgIpc) is 2.09. The third-order valence-electron chi connectivity index (χ3n) is 1.44. The topological polar surface area (TPSA) is 35.2 Å². The zero-order chi connectivity index (χ0) is 10.0. The van der Waals surface area contributed by atoms with Gasteiger partial charge in [0.2, 0.25) is 0 Å². The fraction of sp³-hybridized carbons (Fsp3) is 0.143. The summed E-state index contributed by atoms with van der Waals surface area (Å²) in [6, 6.07) is 0.472. The molecule has 0 heterocycles. The van der Waals surface area contributed by atoms with Crippen molar-refractivity contribution in [1.29, 1.82) is 0 Å². The van der Waals surface area contributed by atoms with E-state index in [1.54, 1.807) is 0 Å². The van der Waals surface area contributed by atoms with Crippen molar-refractivity contribution in [3.63, 3.8) is 0 Å². The van der Waals surface area contributed by atoms with Crippen molar-refractivity contribution in [1.82, 2.24) is 0 Å². The van der Waals surface area contributed by atoms with Crippen LogP contribution in [0.3, 0.4) is 0 Å². The highest BCUT2D eigenvalue weighted by atomic mass is 35.5. The largest absolute Gasteiger partial charge is 0.300 e. The smallest absolute Gasteiger partial charge is 0.153 e. The lowest BCUT2D eigenvalue weighted by Crippen LogP contribution is -2.05. The molecule has 0 spiro atoms. The summed E-state index contributed by atoms with van der Waals surface area (Å²) in [4.78, 5) is 4.02. The predicted molar refractivity (Wildman–Crippen MR) is 40.3 cm³/mol. The van der Waals surface area contributed by atoms with Gasteiger partial charge in [0, 0.05) is 6.07 Å². The first kappa shape index (κ1) is 10.3. The summed E-state index contributed by atoms with van der Waals surface area (Å²) >= 11 is 5.18. The molecule has 0 aliphatic heterocycles. The fourth-order valence-electron chi connectivity index (χ4n) is 0.820. The molecule has 0 unspecified atom stereocenters. The molecule has 1 aromatic carbocycles. The van der Waals surface area contributed by atoms with Gasteiger partial charge < -0.3 is 0 Å². The molecule has 0 aromatic heterocycles. The highest BCUT2D eigenvalue weighted by molar-refractivity contribution is 6.30. The van der Waals surface area contributed by atoms with Gasteiger partial charge in [0.25, 0.3) is 0 Å². The van der Waals surface area contributed by atoms with Crippen LogP contribution < -0.4 is 5.90 Å². The minimum absolute atomic E-state index is 0.472. The number of benzene rings is 1. The lowest BCUT2D eigenvalue weighted by molar-refractivity contribution is 0.118. The number of hydrogen-bond acceptors (Lipinski definition) is 2. The molecule has 0 radical (unpaired) electrons. The average molecular weight is 212 g/mol. The van der Waals surface area contributed by atoms with E-state index in [1.165, 1.54) is 0 Å². The van der Waals surface area contributed by atoms with Crippen molar-refractivity contribution >= 4 is 11.6 Å². The molecule has 0 atom stereocenters. The summed E-state index contributed by atoms with van der Waals surface area (Å²) in [6.45, 7) is -0.502. The molecule has 0 bridgehead atoms. The van der Waals surface area contributed by atoms with Crippen molar-refractivity contribution in [2.75, 3.05) is 0 Å². The van der Waals surface area contributed by atoms with Crippen molar-refractivity contribution in [2.45, 2.75) is 6.61 Å².